The Bertz CT molecular complexity index is 44.7. The van der Waals surface area contributed by atoms with Gasteiger partial charge in [-0.3, -0.25) is 0 Å². The first-order valence-corrected chi connectivity index (χ1v) is 5.35. The molecular weight excluding hydrogens is 130 g/mol. The van der Waals surface area contributed by atoms with Gasteiger partial charge in [0.05, 0.1) is 0 Å². The minimum Gasteiger partial charge on any atom is -0.349 e. The van der Waals surface area contributed by atoms with Gasteiger partial charge in [-0.05, 0) is 19.6 Å². The number of halogens is 1. The Morgan fingerprint density at radius 3 is 1.43 bits per heavy atom. The Balaban J connectivity index is 0. The van der Waals surface area contributed by atoms with Crippen LogP contribution in [0.15, 0.2) is 0 Å². The maximum absolute atomic E-state index is 4.87. The fourth-order valence-corrected chi connectivity index (χ4v) is 0. The molecule has 0 amide bonds. The van der Waals surface area contributed by atoms with Crippen LogP contribution in [0.4, 0.5) is 0 Å². The van der Waals surface area contributed by atoms with Crippen molar-refractivity contribution in [2.45, 2.75) is 19.6 Å². The Kier molecular flexibility index (Phi) is 5.11. The molecule has 0 saturated carbocycles. The van der Waals surface area contributed by atoms with Crippen LogP contribution in [-0.4, -0.2) is 8.32 Å². The van der Waals surface area contributed by atoms with Gasteiger partial charge >= 0.3 is 0 Å². The minimum absolute atomic E-state index is 0. The zero-order chi connectivity index (χ0) is 5.21. The summed E-state index contributed by atoms with van der Waals surface area (Å²) in [5.41, 5.74) is 0. The highest BCUT2D eigenvalue weighted by Gasteiger charge is 2.10. The van der Waals surface area contributed by atoms with Crippen molar-refractivity contribution < 1.29 is 4.53 Å². The summed E-state index contributed by atoms with van der Waals surface area (Å²) in [5, 5.41) is 0. The van der Waals surface area contributed by atoms with Crippen LogP contribution in [0.1, 0.15) is 0 Å². The van der Waals surface area contributed by atoms with E-state index in [1.165, 1.54) is 0 Å². The third-order valence-corrected chi connectivity index (χ3v) is 1.06. The van der Waals surface area contributed by atoms with E-state index >= 15 is 0 Å². The average molecular weight is 142 g/mol. The zero-order valence-corrected chi connectivity index (χ0v) is 6.71. The van der Waals surface area contributed by atoms with Crippen molar-refractivity contribution in [2.24, 2.45) is 5.90 Å². The van der Waals surface area contributed by atoms with Crippen molar-refractivity contribution >= 4 is 20.7 Å². The number of nitrogens with two attached hydrogens (primary N) is 1. The zero-order valence-electron chi connectivity index (χ0n) is 4.89. The maximum Gasteiger partial charge on any atom is 0.211 e. The van der Waals surface area contributed by atoms with Crippen molar-refractivity contribution in [3.63, 3.8) is 0 Å². The second-order valence-electron chi connectivity index (χ2n) is 2.23. The lowest BCUT2D eigenvalue weighted by Gasteiger charge is -2.09. The summed E-state index contributed by atoms with van der Waals surface area (Å²) in [7, 11) is -1.35. The molecule has 4 heteroatoms. The van der Waals surface area contributed by atoms with Crippen LogP contribution in [0, 0.1) is 0 Å². The van der Waals surface area contributed by atoms with E-state index < -0.39 is 8.32 Å². The monoisotopic (exact) mass is 141 g/mol. The lowest BCUT2D eigenvalue weighted by Crippen LogP contribution is -2.28. The van der Waals surface area contributed by atoms with Crippen LogP contribution in [0.25, 0.3) is 0 Å². The molecular formula is C3H12ClNOSi. The summed E-state index contributed by atoms with van der Waals surface area (Å²) in [6, 6.07) is 0. The minimum atomic E-state index is -1.35. The van der Waals surface area contributed by atoms with Gasteiger partial charge in [0, 0.05) is 0 Å². The third-order valence-electron chi connectivity index (χ3n) is 0.354. The standard InChI is InChI=1S/C3H11NOSi.ClH/c1-6(2,3)5-4;/h4H2,1-3H3;1H. The molecule has 0 bridgehead atoms. The smallest absolute Gasteiger partial charge is 0.211 e. The molecule has 2 nitrogen and oxygen atoms in total. The van der Waals surface area contributed by atoms with E-state index in [2.05, 4.69) is 4.53 Å². The first-order chi connectivity index (χ1) is 2.56. The molecule has 0 heterocycles. The molecule has 0 atom stereocenters. The summed E-state index contributed by atoms with van der Waals surface area (Å²) in [6.45, 7) is 6.10. The maximum atomic E-state index is 4.87. The Morgan fingerprint density at radius 1 is 1.29 bits per heavy atom. The topological polar surface area (TPSA) is 35.2 Å². The summed E-state index contributed by atoms with van der Waals surface area (Å²) in [4.78, 5) is 0. The molecule has 0 spiro atoms. The molecule has 46 valence electrons. The summed E-state index contributed by atoms with van der Waals surface area (Å²) >= 11 is 0. The van der Waals surface area contributed by atoms with Gasteiger partial charge in [0.15, 0.2) is 0 Å². The molecule has 0 unspecified atom stereocenters. The molecule has 0 aliphatic heterocycles. The normalized spacial score (nSPS) is 10.3. The second-order valence-corrected chi connectivity index (χ2v) is 6.69. The summed E-state index contributed by atoms with van der Waals surface area (Å²) in [6.07, 6.45) is 0. The van der Waals surface area contributed by atoms with E-state index in [4.69, 9.17) is 5.90 Å². The molecule has 0 aromatic rings. The van der Waals surface area contributed by atoms with E-state index in [1.807, 2.05) is 19.6 Å². The molecule has 0 aromatic heterocycles. The Hall–Kier alpha value is 0.427. The predicted octanol–water partition coefficient (Wildman–Crippen LogP) is 1.13. The van der Waals surface area contributed by atoms with Crippen LogP contribution in [0.2, 0.25) is 19.6 Å². The fourth-order valence-electron chi connectivity index (χ4n) is 0. The van der Waals surface area contributed by atoms with Crippen LogP contribution in [0.3, 0.4) is 0 Å². The Morgan fingerprint density at radius 2 is 1.43 bits per heavy atom. The molecule has 0 rings (SSSR count). The van der Waals surface area contributed by atoms with Crippen LogP contribution < -0.4 is 5.90 Å². The molecule has 0 radical (unpaired) electrons. The Labute approximate surface area is 51.5 Å². The second kappa shape index (κ2) is 3.43. The highest BCUT2D eigenvalue weighted by atomic mass is 35.5. The molecule has 0 aromatic carbocycles. The van der Waals surface area contributed by atoms with Gasteiger partial charge in [0.2, 0.25) is 8.32 Å². The third kappa shape index (κ3) is 10.7. The molecule has 0 saturated heterocycles. The quantitative estimate of drug-likeness (QED) is 0.439. The van der Waals surface area contributed by atoms with Gasteiger partial charge in [0.25, 0.3) is 0 Å². The first kappa shape index (κ1) is 10.4. The van der Waals surface area contributed by atoms with Gasteiger partial charge in [0.1, 0.15) is 0 Å². The number of hydrogen-bond acceptors (Lipinski definition) is 2. The fraction of sp³-hybridized carbons (Fsp3) is 1.00. The van der Waals surface area contributed by atoms with Crippen molar-refractivity contribution in [3.8, 4) is 0 Å². The van der Waals surface area contributed by atoms with Gasteiger partial charge in [-0.1, -0.05) is 0 Å². The predicted molar refractivity (Wildman–Crippen MR) is 35.9 cm³/mol. The van der Waals surface area contributed by atoms with E-state index in [0.717, 1.165) is 0 Å². The van der Waals surface area contributed by atoms with E-state index in [9.17, 15) is 0 Å². The van der Waals surface area contributed by atoms with Crippen molar-refractivity contribution in [3.05, 3.63) is 0 Å². The lowest BCUT2D eigenvalue weighted by atomic mass is 11.8. The molecule has 7 heavy (non-hydrogen) atoms. The van der Waals surface area contributed by atoms with E-state index in [-0.39, 0.29) is 12.4 Å². The molecule has 2 N–H and O–H groups in total. The molecule has 0 fully saturated rings. The van der Waals surface area contributed by atoms with Crippen LogP contribution in [-0.2, 0) is 4.53 Å². The lowest BCUT2D eigenvalue weighted by molar-refractivity contribution is 0.328. The van der Waals surface area contributed by atoms with Gasteiger partial charge < -0.3 is 4.53 Å². The first-order valence-electron chi connectivity index (χ1n) is 1.94. The van der Waals surface area contributed by atoms with Crippen molar-refractivity contribution in [1.82, 2.24) is 0 Å². The summed E-state index contributed by atoms with van der Waals surface area (Å²) in [5.74, 6) is 4.87. The number of rotatable bonds is 1. The average Bonchev–Trinajstić information content (AvgIpc) is 1.35. The van der Waals surface area contributed by atoms with Gasteiger partial charge in [-0.25, -0.2) is 5.90 Å². The van der Waals surface area contributed by atoms with Crippen molar-refractivity contribution in [1.29, 1.82) is 0 Å². The summed E-state index contributed by atoms with van der Waals surface area (Å²) < 4.78 is 4.58. The van der Waals surface area contributed by atoms with Crippen molar-refractivity contribution in [2.75, 3.05) is 0 Å². The van der Waals surface area contributed by atoms with E-state index in [0.29, 0.717) is 0 Å². The van der Waals surface area contributed by atoms with Crippen LogP contribution >= 0.6 is 12.4 Å². The highest BCUT2D eigenvalue weighted by molar-refractivity contribution is 6.69. The molecule has 0 aliphatic carbocycles. The van der Waals surface area contributed by atoms with Crippen LogP contribution in [0.5, 0.6) is 0 Å². The largest absolute Gasteiger partial charge is 0.349 e. The van der Waals surface area contributed by atoms with Gasteiger partial charge in [-0.15, -0.1) is 12.4 Å². The molecule has 0 aliphatic rings. The van der Waals surface area contributed by atoms with Gasteiger partial charge in [-0.2, -0.15) is 0 Å². The van der Waals surface area contributed by atoms with E-state index in [1.54, 1.807) is 0 Å². The SMILES string of the molecule is C[Si](C)(C)ON.Cl. The number of hydrogen-bond donors (Lipinski definition) is 1. The highest BCUT2D eigenvalue weighted by Crippen LogP contribution is 1.95.